The predicted molar refractivity (Wildman–Crippen MR) is 118 cm³/mol. The van der Waals surface area contributed by atoms with Crippen LogP contribution in [0.4, 0.5) is 11.6 Å². The Morgan fingerprint density at radius 1 is 1.25 bits per heavy atom. The van der Waals surface area contributed by atoms with Gasteiger partial charge in [0.1, 0.15) is 10.6 Å². The summed E-state index contributed by atoms with van der Waals surface area (Å²) in [6.45, 7) is 2.56. The number of nitrogen functional groups attached to an aromatic ring is 1. The molecule has 0 atom stereocenters. The number of thiophene rings is 1. The molecule has 0 bridgehead atoms. The SMILES string of the molecule is COc1ccccc1-c1ccc2c(N)c(/C([O-])=N/c3c[n+](N4CCOCC4)no3)sc2n1. The standard InChI is InChI=1S/C21H20N6O4S/c1-29-16-5-3-2-4-13(16)15-7-6-14-18(22)19(32-21(14)23-15)20(28)24-17-12-27(25-31-17)26-8-10-30-11-9-26/h2-7,12H,8-11H2,1H3,(H2-,22,24,25,28). The molecule has 1 fully saturated rings. The summed E-state index contributed by atoms with van der Waals surface area (Å²) in [4.78, 5) is 11.2. The molecule has 0 amide bonds. The van der Waals surface area contributed by atoms with E-state index in [-0.39, 0.29) is 5.88 Å². The first kappa shape index (κ1) is 20.2. The lowest BCUT2D eigenvalue weighted by Crippen LogP contribution is -2.62. The number of hydrogen-bond acceptors (Lipinski definition) is 10. The van der Waals surface area contributed by atoms with Crippen molar-refractivity contribution in [2.75, 3.05) is 44.2 Å². The monoisotopic (exact) mass is 452 g/mol. The average molecular weight is 452 g/mol. The Morgan fingerprint density at radius 3 is 2.88 bits per heavy atom. The van der Waals surface area contributed by atoms with E-state index in [4.69, 9.17) is 24.7 Å². The number of rotatable bonds is 5. The van der Waals surface area contributed by atoms with Gasteiger partial charge in [0.25, 0.3) is 6.20 Å². The van der Waals surface area contributed by atoms with Crippen molar-refractivity contribution in [1.82, 2.24) is 10.3 Å². The van der Waals surface area contributed by atoms with Gasteiger partial charge in [0.15, 0.2) is 0 Å². The summed E-state index contributed by atoms with van der Waals surface area (Å²) >= 11 is 1.19. The van der Waals surface area contributed by atoms with Crippen molar-refractivity contribution in [3.8, 4) is 17.0 Å². The first-order valence-electron chi connectivity index (χ1n) is 9.94. The molecule has 164 valence electrons. The molecule has 5 rings (SSSR count). The van der Waals surface area contributed by atoms with Gasteiger partial charge in [-0.05, 0) is 24.3 Å². The van der Waals surface area contributed by atoms with Crippen LogP contribution in [0.1, 0.15) is 4.88 Å². The van der Waals surface area contributed by atoms with E-state index in [1.165, 1.54) is 16.1 Å². The Labute approximate surface area is 187 Å². The van der Waals surface area contributed by atoms with Crippen LogP contribution in [-0.2, 0) is 4.74 Å². The van der Waals surface area contributed by atoms with Crippen molar-refractivity contribution < 1.29 is 23.9 Å². The first-order chi connectivity index (χ1) is 15.6. The molecule has 0 radical (unpaired) electrons. The molecular formula is C21H20N6O4S. The summed E-state index contributed by atoms with van der Waals surface area (Å²) < 4.78 is 16.0. The average Bonchev–Trinajstić information content (AvgIpc) is 3.44. The lowest BCUT2D eigenvalue weighted by atomic mass is 10.1. The van der Waals surface area contributed by atoms with E-state index in [0.717, 1.165) is 11.3 Å². The second-order valence-corrected chi connectivity index (χ2v) is 8.04. The molecule has 4 aromatic rings. The van der Waals surface area contributed by atoms with Crippen molar-refractivity contribution in [3.63, 3.8) is 0 Å². The Balaban J connectivity index is 1.46. The largest absolute Gasteiger partial charge is 0.857 e. The number of fused-ring (bicyclic) bond motifs is 1. The number of nitrogens with zero attached hydrogens (tertiary/aromatic N) is 5. The Morgan fingerprint density at radius 2 is 2.06 bits per heavy atom. The van der Waals surface area contributed by atoms with Crippen LogP contribution >= 0.6 is 11.3 Å². The predicted octanol–water partition coefficient (Wildman–Crippen LogP) is 1.24. The highest BCUT2D eigenvalue weighted by Crippen LogP contribution is 2.36. The summed E-state index contributed by atoms with van der Waals surface area (Å²) in [5, 5.41) is 19.4. The fraction of sp³-hybridized carbons (Fsp3) is 0.238. The minimum atomic E-state index is -0.505. The zero-order valence-corrected chi connectivity index (χ0v) is 18.0. The van der Waals surface area contributed by atoms with Crippen LogP contribution in [0.15, 0.2) is 52.1 Å². The maximum atomic E-state index is 12.8. The number of aromatic nitrogens is 3. The molecular weight excluding hydrogens is 432 g/mol. The van der Waals surface area contributed by atoms with E-state index in [9.17, 15) is 5.11 Å². The van der Waals surface area contributed by atoms with Crippen molar-refractivity contribution in [2.24, 2.45) is 4.99 Å². The van der Waals surface area contributed by atoms with E-state index < -0.39 is 5.90 Å². The number of hydrogen-bond donors (Lipinski definition) is 1. The summed E-state index contributed by atoms with van der Waals surface area (Å²) in [6, 6.07) is 11.3. The Bertz CT molecular complexity index is 1290. The second-order valence-electron chi connectivity index (χ2n) is 7.04. The molecule has 0 aliphatic carbocycles. The Hall–Kier alpha value is -3.70. The number of benzene rings is 1. The zero-order valence-electron chi connectivity index (χ0n) is 17.2. The molecule has 10 nitrogen and oxygen atoms in total. The van der Waals surface area contributed by atoms with Gasteiger partial charge < -0.3 is 20.3 Å². The lowest BCUT2D eigenvalue weighted by molar-refractivity contribution is -0.759. The molecule has 0 saturated carbocycles. The summed E-state index contributed by atoms with van der Waals surface area (Å²) in [5.74, 6) is 0.310. The summed E-state index contributed by atoms with van der Waals surface area (Å²) in [5.41, 5.74) is 8.19. The van der Waals surface area contributed by atoms with Crippen LogP contribution in [-0.4, -0.2) is 49.6 Å². The zero-order chi connectivity index (χ0) is 22.1. The molecule has 3 aromatic heterocycles. The minimum Gasteiger partial charge on any atom is -0.857 e. The van der Waals surface area contributed by atoms with E-state index in [0.29, 0.717) is 52.8 Å². The summed E-state index contributed by atoms with van der Waals surface area (Å²) in [7, 11) is 1.62. The van der Waals surface area contributed by atoms with Crippen LogP contribution in [0, 0.1) is 0 Å². The van der Waals surface area contributed by atoms with Crippen LogP contribution in [0.5, 0.6) is 5.75 Å². The number of aliphatic imine (C=N–C) groups is 1. The number of anilines is 1. The smallest absolute Gasteiger partial charge is 0.324 e. The maximum Gasteiger partial charge on any atom is 0.324 e. The third-order valence-electron chi connectivity index (χ3n) is 5.10. The van der Waals surface area contributed by atoms with Gasteiger partial charge in [0.2, 0.25) is 5.27 Å². The van der Waals surface area contributed by atoms with Gasteiger partial charge in [0.05, 0.1) is 54.5 Å². The fourth-order valence-corrected chi connectivity index (χ4v) is 4.46. The summed E-state index contributed by atoms with van der Waals surface area (Å²) in [6.07, 6.45) is 1.56. The van der Waals surface area contributed by atoms with E-state index in [1.807, 2.05) is 41.4 Å². The van der Waals surface area contributed by atoms with Gasteiger partial charge in [-0.2, -0.15) is 0 Å². The topological polar surface area (TPSA) is 126 Å². The number of para-hydroxylation sites is 1. The van der Waals surface area contributed by atoms with Crippen molar-refractivity contribution in [1.29, 1.82) is 0 Å². The van der Waals surface area contributed by atoms with Crippen LogP contribution in [0.25, 0.3) is 21.5 Å². The van der Waals surface area contributed by atoms with Crippen LogP contribution in [0.2, 0.25) is 0 Å². The first-order valence-corrected chi connectivity index (χ1v) is 10.8. The Kier molecular flexibility index (Phi) is 5.33. The van der Waals surface area contributed by atoms with Gasteiger partial charge in [-0.1, -0.05) is 12.1 Å². The number of methoxy groups -OCH3 is 1. The second kappa shape index (κ2) is 8.44. The van der Waals surface area contributed by atoms with E-state index in [2.05, 4.69) is 10.3 Å². The molecule has 1 aliphatic rings. The van der Waals surface area contributed by atoms with Gasteiger partial charge in [0, 0.05) is 16.8 Å². The van der Waals surface area contributed by atoms with Crippen molar-refractivity contribution in [3.05, 3.63) is 47.5 Å². The normalized spacial score (nSPS) is 14.8. The van der Waals surface area contributed by atoms with Crippen molar-refractivity contribution >= 4 is 39.0 Å². The lowest BCUT2D eigenvalue weighted by Gasteiger charge is -2.18. The maximum absolute atomic E-state index is 12.8. The highest BCUT2D eigenvalue weighted by Gasteiger charge is 2.23. The number of nitrogens with two attached hydrogens (primary N) is 1. The van der Waals surface area contributed by atoms with E-state index >= 15 is 0 Å². The third-order valence-corrected chi connectivity index (χ3v) is 6.21. The van der Waals surface area contributed by atoms with Gasteiger partial charge in [-0.25, -0.2) is 9.98 Å². The van der Waals surface area contributed by atoms with Gasteiger partial charge in [-0.15, -0.1) is 16.3 Å². The van der Waals surface area contributed by atoms with Gasteiger partial charge in [-0.3, -0.25) is 4.52 Å². The van der Waals surface area contributed by atoms with Crippen LogP contribution < -0.4 is 25.4 Å². The van der Waals surface area contributed by atoms with Gasteiger partial charge >= 0.3 is 5.88 Å². The molecule has 11 heteroatoms. The third kappa shape index (κ3) is 3.72. The van der Waals surface area contributed by atoms with Crippen LogP contribution in [0.3, 0.4) is 0 Å². The highest BCUT2D eigenvalue weighted by atomic mass is 32.1. The van der Waals surface area contributed by atoms with E-state index in [1.54, 1.807) is 13.3 Å². The highest BCUT2D eigenvalue weighted by molar-refractivity contribution is 7.21. The molecule has 1 aromatic carbocycles. The quantitative estimate of drug-likeness (QED) is 0.272. The molecule has 1 saturated heterocycles. The molecule has 0 unspecified atom stereocenters. The molecule has 1 aliphatic heterocycles. The molecule has 32 heavy (non-hydrogen) atoms. The number of morpholine rings is 1. The molecule has 4 heterocycles. The number of pyridine rings is 1. The fourth-order valence-electron chi connectivity index (χ4n) is 3.48. The number of ether oxygens (including phenoxy) is 2. The molecule has 2 N–H and O–H groups in total. The van der Waals surface area contributed by atoms with Crippen molar-refractivity contribution in [2.45, 2.75) is 0 Å². The molecule has 0 spiro atoms. The minimum absolute atomic E-state index is 0.0982.